The number of carbonyl (C=O) groups excluding carboxylic acids is 1. The van der Waals surface area contributed by atoms with Crippen LogP contribution in [-0.4, -0.2) is 11.9 Å². The van der Waals surface area contributed by atoms with E-state index in [1.807, 2.05) is 26.8 Å². The summed E-state index contributed by atoms with van der Waals surface area (Å²) in [5.74, 6) is -0.215. The zero-order valence-electron chi connectivity index (χ0n) is 12.5. The molecule has 1 amide bonds. The maximum absolute atomic E-state index is 12.3. The van der Waals surface area contributed by atoms with Gasteiger partial charge in [0.25, 0.3) is 0 Å². The van der Waals surface area contributed by atoms with Crippen molar-refractivity contribution in [3.63, 3.8) is 0 Å². The third-order valence-electron chi connectivity index (χ3n) is 3.37. The molecule has 4 nitrogen and oxygen atoms in total. The van der Waals surface area contributed by atoms with Gasteiger partial charge in [-0.25, -0.2) is 0 Å². The number of fused-ring (bicyclic) bond motifs is 1. The summed E-state index contributed by atoms with van der Waals surface area (Å²) in [7, 11) is 0. The van der Waals surface area contributed by atoms with Crippen LogP contribution in [0.1, 0.15) is 31.4 Å². The average Bonchev–Trinajstić information content (AvgIpc) is 2.47. The highest BCUT2D eigenvalue weighted by atomic mass is 16.3. The van der Waals surface area contributed by atoms with Crippen molar-refractivity contribution in [1.29, 1.82) is 0 Å². The molecule has 0 spiro atoms. The topological polar surface area (TPSA) is 59.3 Å². The van der Waals surface area contributed by atoms with E-state index in [0.29, 0.717) is 16.5 Å². The maximum Gasteiger partial charge on any atom is 0.244 e. The molecule has 0 aliphatic carbocycles. The summed E-state index contributed by atoms with van der Waals surface area (Å²) >= 11 is 0. The lowest BCUT2D eigenvalue weighted by atomic mass is 10.1. The molecule has 1 atom stereocenters. The summed E-state index contributed by atoms with van der Waals surface area (Å²) in [5, 5.41) is 3.33. The van der Waals surface area contributed by atoms with Crippen LogP contribution in [-0.2, 0) is 4.79 Å². The average molecular weight is 285 g/mol. The van der Waals surface area contributed by atoms with E-state index < -0.39 is 0 Å². The first kappa shape index (κ1) is 15.0. The van der Waals surface area contributed by atoms with E-state index in [1.165, 1.54) is 18.4 Å². The highest BCUT2D eigenvalue weighted by Gasteiger charge is 2.06. The van der Waals surface area contributed by atoms with Crippen LogP contribution in [0.4, 0.5) is 0 Å². The van der Waals surface area contributed by atoms with Crippen molar-refractivity contribution >= 4 is 23.0 Å². The zero-order chi connectivity index (χ0) is 15.4. The Kier molecular flexibility index (Phi) is 4.58. The van der Waals surface area contributed by atoms with Gasteiger partial charge in [-0.3, -0.25) is 9.59 Å². The molecule has 2 aromatic rings. The minimum Gasteiger partial charge on any atom is -0.463 e. The van der Waals surface area contributed by atoms with Gasteiger partial charge in [-0.1, -0.05) is 18.6 Å². The van der Waals surface area contributed by atoms with Crippen LogP contribution in [0.15, 0.2) is 39.7 Å². The predicted molar refractivity (Wildman–Crippen MR) is 84.2 cm³/mol. The molecule has 0 saturated heterocycles. The van der Waals surface area contributed by atoms with Crippen LogP contribution in [0, 0.1) is 6.92 Å². The van der Waals surface area contributed by atoms with Gasteiger partial charge in [-0.2, -0.15) is 0 Å². The molecule has 1 aromatic carbocycles. The van der Waals surface area contributed by atoms with Gasteiger partial charge >= 0.3 is 0 Å². The first-order valence-electron chi connectivity index (χ1n) is 7.02. The molecule has 1 aromatic heterocycles. The Hall–Kier alpha value is -2.36. The van der Waals surface area contributed by atoms with Crippen LogP contribution in [0.5, 0.6) is 0 Å². The van der Waals surface area contributed by atoms with Gasteiger partial charge in [-0.05, 0) is 38.5 Å². The quantitative estimate of drug-likeness (QED) is 0.878. The minimum atomic E-state index is -0.215. The van der Waals surface area contributed by atoms with Crippen molar-refractivity contribution in [3.8, 4) is 0 Å². The van der Waals surface area contributed by atoms with Gasteiger partial charge in [0.1, 0.15) is 11.8 Å². The van der Waals surface area contributed by atoms with Crippen molar-refractivity contribution in [2.75, 3.05) is 0 Å². The molecule has 2 rings (SSSR count). The molecule has 21 heavy (non-hydrogen) atoms. The molecule has 0 bridgehead atoms. The van der Waals surface area contributed by atoms with E-state index in [9.17, 15) is 9.59 Å². The van der Waals surface area contributed by atoms with Crippen LogP contribution in [0.2, 0.25) is 0 Å². The van der Waals surface area contributed by atoms with Gasteiger partial charge < -0.3 is 9.73 Å². The van der Waals surface area contributed by atoms with Crippen LogP contribution >= 0.6 is 0 Å². The van der Waals surface area contributed by atoms with Crippen molar-refractivity contribution in [2.24, 2.45) is 0 Å². The first-order valence-corrected chi connectivity index (χ1v) is 7.02. The summed E-state index contributed by atoms with van der Waals surface area (Å²) < 4.78 is 5.43. The molecule has 1 heterocycles. The molecule has 0 aliphatic heterocycles. The Labute approximate surface area is 123 Å². The molecule has 0 radical (unpaired) electrons. The Morgan fingerprint density at radius 1 is 1.43 bits per heavy atom. The van der Waals surface area contributed by atoms with Crippen LogP contribution in [0.3, 0.4) is 0 Å². The second kappa shape index (κ2) is 6.39. The Morgan fingerprint density at radius 3 is 2.90 bits per heavy atom. The molecule has 1 unspecified atom stereocenters. The summed E-state index contributed by atoms with van der Waals surface area (Å²) in [6.07, 6.45) is 5.09. The standard InChI is InChI=1S/C17H19NO3/c1-4-12(3)18-16(19)8-6-13-10-21-15-7-5-11(2)9-14(15)17(13)20/h5-10,12H,4H2,1-3H3,(H,18,19)/b8-6+. The monoisotopic (exact) mass is 285 g/mol. The molecule has 0 aliphatic rings. The van der Waals surface area contributed by atoms with E-state index in [4.69, 9.17) is 4.42 Å². The fourth-order valence-electron chi connectivity index (χ4n) is 1.93. The van der Waals surface area contributed by atoms with Gasteiger partial charge in [0.05, 0.1) is 10.9 Å². The summed E-state index contributed by atoms with van der Waals surface area (Å²) in [6, 6.07) is 5.56. The molecule has 0 fully saturated rings. The Bertz CT molecular complexity index is 743. The second-order valence-corrected chi connectivity index (χ2v) is 5.17. The third kappa shape index (κ3) is 3.60. The lowest BCUT2D eigenvalue weighted by Gasteiger charge is -2.08. The van der Waals surface area contributed by atoms with Gasteiger partial charge in [0, 0.05) is 12.1 Å². The highest BCUT2D eigenvalue weighted by molar-refractivity contribution is 5.92. The second-order valence-electron chi connectivity index (χ2n) is 5.17. The molecular weight excluding hydrogens is 266 g/mol. The lowest BCUT2D eigenvalue weighted by molar-refractivity contribution is -0.117. The summed E-state index contributed by atoms with van der Waals surface area (Å²) in [6.45, 7) is 5.84. The number of nitrogens with one attached hydrogen (secondary N) is 1. The molecule has 4 heteroatoms. The SMILES string of the molecule is CCC(C)NC(=O)/C=C/c1coc2ccc(C)cc2c1=O. The highest BCUT2D eigenvalue weighted by Crippen LogP contribution is 2.13. The van der Waals surface area contributed by atoms with Gasteiger partial charge in [0.15, 0.2) is 5.43 Å². The normalized spacial score (nSPS) is 12.7. The van der Waals surface area contributed by atoms with Gasteiger partial charge in [0.2, 0.25) is 5.91 Å². The van der Waals surface area contributed by atoms with Crippen molar-refractivity contribution in [3.05, 3.63) is 51.9 Å². The fourth-order valence-corrected chi connectivity index (χ4v) is 1.93. The number of amides is 1. The van der Waals surface area contributed by atoms with Crippen molar-refractivity contribution < 1.29 is 9.21 Å². The number of rotatable bonds is 4. The molecular formula is C17H19NO3. The Morgan fingerprint density at radius 2 is 2.19 bits per heavy atom. The van der Waals surface area contributed by atoms with Crippen molar-refractivity contribution in [2.45, 2.75) is 33.2 Å². The van der Waals surface area contributed by atoms with E-state index in [2.05, 4.69) is 5.32 Å². The lowest BCUT2D eigenvalue weighted by Crippen LogP contribution is -2.30. The minimum absolute atomic E-state index is 0.109. The fraction of sp³-hybridized carbons (Fsp3) is 0.294. The molecule has 0 saturated carbocycles. The van der Waals surface area contributed by atoms with E-state index in [-0.39, 0.29) is 17.4 Å². The largest absolute Gasteiger partial charge is 0.463 e. The van der Waals surface area contributed by atoms with Gasteiger partial charge in [-0.15, -0.1) is 0 Å². The predicted octanol–water partition coefficient (Wildman–Crippen LogP) is 3.03. The molecule has 110 valence electrons. The number of hydrogen-bond donors (Lipinski definition) is 1. The smallest absolute Gasteiger partial charge is 0.244 e. The van der Waals surface area contributed by atoms with Crippen LogP contribution in [0.25, 0.3) is 17.0 Å². The third-order valence-corrected chi connectivity index (χ3v) is 3.37. The number of aryl methyl sites for hydroxylation is 1. The van der Waals surface area contributed by atoms with Crippen LogP contribution < -0.4 is 10.7 Å². The first-order chi connectivity index (χ1) is 10.0. The number of carbonyl (C=O) groups is 1. The van der Waals surface area contributed by atoms with Crippen molar-refractivity contribution in [1.82, 2.24) is 5.32 Å². The van der Waals surface area contributed by atoms with E-state index in [0.717, 1.165) is 12.0 Å². The number of hydrogen-bond acceptors (Lipinski definition) is 3. The van der Waals surface area contributed by atoms with E-state index in [1.54, 1.807) is 12.1 Å². The maximum atomic E-state index is 12.3. The van der Waals surface area contributed by atoms with E-state index >= 15 is 0 Å². The number of benzene rings is 1. The summed E-state index contributed by atoms with van der Waals surface area (Å²) in [5.41, 5.74) is 1.78. The summed E-state index contributed by atoms with van der Waals surface area (Å²) in [4.78, 5) is 24.0. The zero-order valence-corrected chi connectivity index (χ0v) is 12.5. The Balaban J connectivity index is 2.29. The molecule has 1 N–H and O–H groups in total.